The van der Waals surface area contributed by atoms with Crippen LogP contribution in [0.5, 0.6) is 11.6 Å². The first-order valence-corrected chi connectivity index (χ1v) is 5.48. The lowest BCUT2D eigenvalue weighted by atomic mass is 10.2. The molecule has 0 aliphatic rings. The van der Waals surface area contributed by atoms with E-state index < -0.39 is 5.82 Å². The van der Waals surface area contributed by atoms with Crippen molar-refractivity contribution in [2.24, 2.45) is 10.9 Å². The molecule has 3 N–H and O–H groups in total. The molecule has 98 valence electrons. The first kappa shape index (κ1) is 12.8. The number of aromatic nitrogens is 1. The number of amidine groups is 1. The molecular weight excluding hydrogens is 249 g/mol. The molecule has 0 amide bonds. The van der Waals surface area contributed by atoms with E-state index in [4.69, 9.17) is 15.7 Å². The Morgan fingerprint density at radius 1 is 1.42 bits per heavy atom. The van der Waals surface area contributed by atoms with Crippen LogP contribution in [0.4, 0.5) is 4.39 Å². The first-order chi connectivity index (χ1) is 9.11. The Morgan fingerprint density at radius 2 is 2.21 bits per heavy atom. The molecule has 0 unspecified atom stereocenters. The van der Waals surface area contributed by atoms with Gasteiger partial charge in [-0.2, -0.15) is 0 Å². The predicted molar refractivity (Wildman–Crippen MR) is 68.0 cm³/mol. The van der Waals surface area contributed by atoms with Crippen LogP contribution in [0.25, 0.3) is 0 Å². The molecule has 0 aliphatic carbocycles. The number of oxime groups is 1. The minimum Gasteiger partial charge on any atom is -0.438 e. The van der Waals surface area contributed by atoms with Crippen molar-refractivity contribution in [2.75, 3.05) is 0 Å². The quantitative estimate of drug-likeness (QED) is 0.385. The van der Waals surface area contributed by atoms with Gasteiger partial charge >= 0.3 is 0 Å². The van der Waals surface area contributed by atoms with Gasteiger partial charge in [-0.1, -0.05) is 11.2 Å². The SMILES string of the molecule is Cc1ccc(F)cc1Oc1ncccc1/C(N)=N/O. The van der Waals surface area contributed by atoms with E-state index in [2.05, 4.69) is 10.1 Å². The highest BCUT2D eigenvalue weighted by atomic mass is 19.1. The highest BCUT2D eigenvalue weighted by molar-refractivity contribution is 5.99. The topological polar surface area (TPSA) is 80.7 Å². The van der Waals surface area contributed by atoms with Gasteiger partial charge in [0, 0.05) is 12.3 Å². The lowest BCUT2D eigenvalue weighted by Crippen LogP contribution is -2.14. The van der Waals surface area contributed by atoms with Crippen molar-refractivity contribution in [1.82, 2.24) is 4.98 Å². The minimum atomic E-state index is -0.415. The number of hydrogen-bond donors (Lipinski definition) is 2. The fourth-order valence-electron chi connectivity index (χ4n) is 1.51. The van der Waals surface area contributed by atoms with Gasteiger partial charge in [0.25, 0.3) is 0 Å². The standard InChI is InChI=1S/C13H12FN3O2/c1-8-4-5-9(14)7-11(8)19-13-10(12(15)17-18)3-2-6-16-13/h2-7,18H,1H3,(H2,15,17). The van der Waals surface area contributed by atoms with Crippen LogP contribution in [-0.4, -0.2) is 16.0 Å². The summed E-state index contributed by atoms with van der Waals surface area (Å²) in [6.07, 6.45) is 1.50. The Morgan fingerprint density at radius 3 is 2.95 bits per heavy atom. The van der Waals surface area contributed by atoms with Gasteiger partial charge < -0.3 is 15.7 Å². The summed E-state index contributed by atoms with van der Waals surface area (Å²) in [7, 11) is 0. The fourth-order valence-corrected chi connectivity index (χ4v) is 1.51. The van der Waals surface area contributed by atoms with Gasteiger partial charge in [-0.05, 0) is 30.7 Å². The number of nitrogens with zero attached hydrogens (tertiary/aromatic N) is 2. The van der Waals surface area contributed by atoms with Gasteiger partial charge in [0.15, 0.2) is 5.84 Å². The Bertz CT molecular complexity index is 629. The van der Waals surface area contributed by atoms with E-state index in [1.165, 1.54) is 18.3 Å². The van der Waals surface area contributed by atoms with Crippen LogP contribution in [0.15, 0.2) is 41.7 Å². The molecule has 0 radical (unpaired) electrons. The summed E-state index contributed by atoms with van der Waals surface area (Å²) in [6, 6.07) is 7.40. The van der Waals surface area contributed by atoms with Crippen molar-refractivity contribution >= 4 is 5.84 Å². The average molecular weight is 261 g/mol. The second-order valence-corrected chi connectivity index (χ2v) is 3.85. The van der Waals surface area contributed by atoms with Gasteiger partial charge in [0.05, 0.1) is 5.56 Å². The predicted octanol–water partition coefficient (Wildman–Crippen LogP) is 2.42. The number of rotatable bonds is 3. The van der Waals surface area contributed by atoms with Crippen LogP contribution in [0.3, 0.4) is 0 Å². The number of benzene rings is 1. The molecule has 0 bridgehead atoms. The third-order valence-corrected chi connectivity index (χ3v) is 2.51. The third kappa shape index (κ3) is 2.79. The molecule has 2 rings (SSSR count). The molecule has 0 aliphatic heterocycles. The smallest absolute Gasteiger partial charge is 0.230 e. The molecule has 1 aromatic carbocycles. The van der Waals surface area contributed by atoms with E-state index in [0.29, 0.717) is 11.3 Å². The highest BCUT2D eigenvalue weighted by Crippen LogP contribution is 2.26. The van der Waals surface area contributed by atoms with Gasteiger partial charge in [-0.3, -0.25) is 0 Å². The number of aryl methyl sites for hydroxylation is 1. The zero-order valence-electron chi connectivity index (χ0n) is 10.2. The zero-order valence-corrected chi connectivity index (χ0v) is 10.2. The van der Waals surface area contributed by atoms with E-state index in [1.54, 1.807) is 25.1 Å². The molecular formula is C13H12FN3O2. The molecule has 6 heteroatoms. The van der Waals surface area contributed by atoms with Crippen LogP contribution >= 0.6 is 0 Å². The van der Waals surface area contributed by atoms with Crippen LogP contribution in [-0.2, 0) is 0 Å². The number of hydrogen-bond acceptors (Lipinski definition) is 4. The number of ether oxygens (including phenoxy) is 1. The molecule has 19 heavy (non-hydrogen) atoms. The lowest BCUT2D eigenvalue weighted by molar-refractivity contribution is 0.318. The number of pyridine rings is 1. The summed E-state index contributed by atoms with van der Waals surface area (Å²) in [5, 5.41) is 11.6. The zero-order chi connectivity index (χ0) is 13.8. The van der Waals surface area contributed by atoms with Crippen LogP contribution in [0, 0.1) is 12.7 Å². The Hall–Kier alpha value is -2.63. The van der Waals surface area contributed by atoms with E-state index >= 15 is 0 Å². The molecule has 0 atom stereocenters. The number of halogens is 1. The molecule has 0 saturated heterocycles. The summed E-state index contributed by atoms with van der Waals surface area (Å²) in [5.74, 6) is -0.0729. The van der Waals surface area contributed by atoms with E-state index in [0.717, 1.165) is 5.56 Å². The van der Waals surface area contributed by atoms with Crippen LogP contribution in [0.1, 0.15) is 11.1 Å². The summed E-state index contributed by atoms with van der Waals surface area (Å²) in [5.41, 5.74) is 6.60. The largest absolute Gasteiger partial charge is 0.438 e. The van der Waals surface area contributed by atoms with Crippen molar-refractivity contribution in [2.45, 2.75) is 6.92 Å². The van der Waals surface area contributed by atoms with E-state index in [-0.39, 0.29) is 11.7 Å². The van der Waals surface area contributed by atoms with Crippen LogP contribution in [0.2, 0.25) is 0 Å². The maximum Gasteiger partial charge on any atom is 0.230 e. The van der Waals surface area contributed by atoms with Gasteiger partial charge in [-0.15, -0.1) is 0 Å². The fraction of sp³-hybridized carbons (Fsp3) is 0.0769. The second-order valence-electron chi connectivity index (χ2n) is 3.85. The number of nitrogens with two attached hydrogens (primary N) is 1. The summed E-state index contributed by atoms with van der Waals surface area (Å²) < 4.78 is 18.7. The summed E-state index contributed by atoms with van der Waals surface area (Å²) >= 11 is 0. The second kappa shape index (κ2) is 5.34. The lowest BCUT2D eigenvalue weighted by Gasteiger charge is -2.10. The summed E-state index contributed by atoms with van der Waals surface area (Å²) in [6.45, 7) is 1.78. The monoisotopic (exact) mass is 261 g/mol. The maximum atomic E-state index is 13.2. The molecule has 2 aromatic rings. The van der Waals surface area contributed by atoms with Gasteiger partial charge in [-0.25, -0.2) is 9.37 Å². The maximum absolute atomic E-state index is 13.2. The molecule has 0 fully saturated rings. The Balaban J connectivity index is 2.41. The molecule has 0 saturated carbocycles. The van der Waals surface area contributed by atoms with Crippen molar-refractivity contribution < 1.29 is 14.3 Å². The molecule has 1 aromatic heterocycles. The van der Waals surface area contributed by atoms with Crippen molar-refractivity contribution in [3.63, 3.8) is 0 Å². The minimum absolute atomic E-state index is 0.128. The van der Waals surface area contributed by atoms with E-state index in [1.807, 2.05) is 0 Å². The average Bonchev–Trinajstić information content (AvgIpc) is 2.42. The normalized spacial score (nSPS) is 11.4. The molecule has 1 heterocycles. The van der Waals surface area contributed by atoms with Crippen molar-refractivity contribution in [3.05, 3.63) is 53.5 Å². The first-order valence-electron chi connectivity index (χ1n) is 5.48. The Labute approximate surface area is 109 Å². The van der Waals surface area contributed by atoms with Crippen molar-refractivity contribution in [1.29, 1.82) is 0 Å². The molecule has 0 spiro atoms. The third-order valence-electron chi connectivity index (χ3n) is 2.51. The highest BCUT2D eigenvalue weighted by Gasteiger charge is 2.11. The summed E-state index contributed by atoms with van der Waals surface area (Å²) in [4.78, 5) is 4.00. The molecule has 5 nitrogen and oxygen atoms in total. The van der Waals surface area contributed by atoms with E-state index in [9.17, 15) is 4.39 Å². The van der Waals surface area contributed by atoms with Crippen LogP contribution < -0.4 is 10.5 Å². The van der Waals surface area contributed by atoms with Crippen molar-refractivity contribution in [3.8, 4) is 11.6 Å². The Kier molecular flexibility index (Phi) is 3.61. The van der Waals surface area contributed by atoms with Gasteiger partial charge in [0.2, 0.25) is 5.88 Å². The van der Waals surface area contributed by atoms with Gasteiger partial charge in [0.1, 0.15) is 11.6 Å².